The number of hydrogen-bond acceptors (Lipinski definition) is 10. The maximum atomic E-state index is 10.9. The second kappa shape index (κ2) is 7.80. The molecule has 6 N–H and O–H groups in total. The van der Waals surface area contributed by atoms with Gasteiger partial charge in [-0.05, 0) is 11.6 Å². The number of ketones is 2. The summed E-state index contributed by atoms with van der Waals surface area (Å²) in [6.07, 6.45) is -6.61. The van der Waals surface area contributed by atoms with Crippen molar-refractivity contribution in [1.82, 2.24) is 0 Å². The van der Waals surface area contributed by atoms with Crippen LogP contribution in [0.2, 0.25) is 0 Å². The zero-order valence-electron chi connectivity index (χ0n) is 12.7. The van der Waals surface area contributed by atoms with Gasteiger partial charge in [0.25, 0.3) is 0 Å². The van der Waals surface area contributed by atoms with Crippen LogP contribution < -0.4 is 5.11 Å². The van der Waals surface area contributed by atoms with Crippen molar-refractivity contribution in [2.75, 3.05) is 0 Å². The van der Waals surface area contributed by atoms with E-state index in [0.29, 0.717) is 0 Å². The molecule has 0 amide bonds. The lowest BCUT2D eigenvalue weighted by atomic mass is 9.81. The highest BCUT2D eigenvalue weighted by Gasteiger charge is 2.48. The summed E-state index contributed by atoms with van der Waals surface area (Å²) in [5, 5.41) is 63.9. The van der Waals surface area contributed by atoms with Crippen molar-refractivity contribution in [3.63, 3.8) is 0 Å². The van der Waals surface area contributed by atoms with E-state index in [4.69, 9.17) is 25.5 Å². The molecule has 2 aliphatic rings. The van der Waals surface area contributed by atoms with Crippen molar-refractivity contribution < 1.29 is 54.9 Å². The van der Waals surface area contributed by atoms with Crippen LogP contribution in [0.4, 0.5) is 0 Å². The third kappa shape index (κ3) is 4.90. The summed E-state index contributed by atoms with van der Waals surface area (Å²) in [5.74, 6) is -4.71. The lowest BCUT2D eigenvalue weighted by Gasteiger charge is -2.32. The molecule has 25 heavy (non-hydrogen) atoms. The van der Waals surface area contributed by atoms with E-state index < -0.39 is 66.4 Å². The van der Waals surface area contributed by atoms with E-state index in [0.717, 1.165) is 6.08 Å². The van der Waals surface area contributed by atoms with E-state index in [2.05, 4.69) is 0 Å². The molecule has 1 fully saturated rings. The van der Waals surface area contributed by atoms with E-state index in [1.165, 1.54) is 0 Å². The van der Waals surface area contributed by atoms with Gasteiger partial charge in [-0.2, -0.15) is 0 Å². The van der Waals surface area contributed by atoms with Crippen LogP contribution in [0.3, 0.4) is 0 Å². The van der Waals surface area contributed by atoms with Crippen LogP contribution in [0.5, 0.6) is 0 Å². The number of carbonyl (C=O) groups excluding carboxylic acids is 3. The van der Waals surface area contributed by atoms with E-state index in [-0.39, 0.29) is 12.0 Å². The van der Waals surface area contributed by atoms with Gasteiger partial charge >= 0.3 is 5.97 Å². The molecule has 0 aliphatic heterocycles. The Balaban J connectivity index is 0.000000251. The highest BCUT2D eigenvalue weighted by Crippen LogP contribution is 2.26. The van der Waals surface area contributed by atoms with E-state index in [1.807, 2.05) is 0 Å². The van der Waals surface area contributed by atoms with Crippen LogP contribution in [0.25, 0.3) is 0 Å². The van der Waals surface area contributed by atoms with Gasteiger partial charge < -0.3 is 40.5 Å². The predicted octanol–water partition coefficient (Wildman–Crippen LogP) is -4.76. The van der Waals surface area contributed by atoms with Crippen molar-refractivity contribution in [3.8, 4) is 0 Å². The fourth-order valence-corrected chi connectivity index (χ4v) is 2.28. The Hall–Kier alpha value is -2.18. The average molecular weight is 361 g/mol. The largest absolute Gasteiger partial charge is 0.545 e. The number of carboxylic acids is 2. The minimum atomic E-state index is -2.24. The molecule has 0 aromatic rings. The molecule has 0 radical (unpaired) electrons. The fourth-order valence-electron chi connectivity index (χ4n) is 2.28. The number of carbonyl (C=O) groups is 4. The highest BCUT2D eigenvalue weighted by atomic mass is 16.4. The Morgan fingerprint density at radius 3 is 2.04 bits per heavy atom. The van der Waals surface area contributed by atoms with E-state index >= 15 is 0 Å². The molecule has 0 heterocycles. The summed E-state index contributed by atoms with van der Waals surface area (Å²) in [7, 11) is 0. The topological polar surface area (TPSA) is 213 Å². The summed E-state index contributed by atoms with van der Waals surface area (Å²) >= 11 is 0. The summed E-state index contributed by atoms with van der Waals surface area (Å²) < 4.78 is 0. The second-order valence-corrected chi connectivity index (χ2v) is 5.77. The van der Waals surface area contributed by atoms with Gasteiger partial charge in [-0.25, -0.2) is 4.79 Å². The number of aliphatic carboxylic acids is 2. The molecule has 0 spiro atoms. The third-order valence-electron chi connectivity index (χ3n) is 3.77. The van der Waals surface area contributed by atoms with Crippen LogP contribution >= 0.6 is 0 Å². The molecule has 0 aromatic carbocycles. The van der Waals surface area contributed by atoms with Crippen molar-refractivity contribution >= 4 is 23.5 Å². The quantitative estimate of drug-likeness (QED) is 0.274. The van der Waals surface area contributed by atoms with Crippen LogP contribution in [-0.2, 0) is 19.2 Å². The maximum absolute atomic E-state index is 10.9. The number of Topliss-reactive ketones (excluding diaryl/α,β-unsaturated/α-hetero) is 1. The summed E-state index contributed by atoms with van der Waals surface area (Å²) in [4.78, 5) is 42.3. The number of aliphatic hydroxyl groups is 5. The second-order valence-electron chi connectivity index (χ2n) is 5.77. The normalized spacial score (nSPS) is 35.3. The standard InChI is InChI=1S/C7H10O6.C7H8O5/c8-3-1-7(13,6(11)12)2-4(9)5(3)10;8-4-1-3(7(11)12)2-5(9)6(4)10/h3,5,8,10,13H,1-2H2,(H,11,12);1,5-6,9-10H,2H2,(H,11,12)/p-1/t3-,5+,7-;5-,6-/m11/s1. The first-order valence-electron chi connectivity index (χ1n) is 7.05. The van der Waals surface area contributed by atoms with Gasteiger partial charge in [-0.1, -0.05) is 0 Å². The number of aliphatic hydroxyl groups excluding tert-OH is 4. The van der Waals surface area contributed by atoms with Crippen LogP contribution in [0.15, 0.2) is 11.6 Å². The fraction of sp³-hybridized carbons (Fsp3) is 0.571. The summed E-state index contributed by atoms with van der Waals surface area (Å²) in [5.41, 5.74) is -2.52. The minimum absolute atomic E-state index is 0.255. The smallest absolute Gasteiger partial charge is 0.336 e. The Labute approximate surface area is 140 Å². The molecule has 11 nitrogen and oxygen atoms in total. The van der Waals surface area contributed by atoms with Gasteiger partial charge in [0.15, 0.2) is 17.2 Å². The van der Waals surface area contributed by atoms with Crippen molar-refractivity contribution in [1.29, 1.82) is 0 Å². The molecule has 11 heteroatoms. The van der Waals surface area contributed by atoms with Crippen LogP contribution in [-0.4, -0.2) is 84.2 Å². The third-order valence-corrected chi connectivity index (χ3v) is 3.77. The van der Waals surface area contributed by atoms with Crippen LogP contribution in [0, 0.1) is 0 Å². The Kier molecular flexibility index (Phi) is 6.51. The summed E-state index contributed by atoms with van der Waals surface area (Å²) in [6.45, 7) is 0. The molecular formula is C14H17O11-. The zero-order chi connectivity index (χ0) is 19.5. The molecule has 5 atom stereocenters. The lowest BCUT2D eigenvalue weighted by molar-refractivity contribution is -0.299. The maximum Gasteiger partial charge on any atom is 0.336 e. The molecule has 1 saturated carbocycles. The molecule has 0 unspecified atom stereocenters. The molecule has 2 aliphatic carbocycles. The Bertz CT molecular complexity index is 610. The molecule has 0 aromatic heterocycles. The van der Waals surface area contributed by atoms with E-state index in [9.17, 15) is 29.4 Å². The highest BCUT2D eigenvalue weighted by molar-refractivity contribution is 6.02. The molecular weight excluding hydrogens is 344 g/mol. The van der Waals surface area contributed by atoms with E-state index in [1.54, 1.807) is 0 Å². The summed E-state index contributed by atoms with van der Waals surface area (Å²) in [6, 6.07) is 0. The van der Waals surface area contributed by atoms with Gasteiger partial charge in [0.2, 0.25) is 0 Å². The van der Waals surface area contributed by atoms with Gasteiger partial charge in [0.05, 0.1) is 18.2 Å². The first-order valence-corrected chi connectivity index (χ1v) is 7.05. The first-order chi connectivity index (χ1) is 11.4. The van der Waals surface area contributed by atoms with Gasteiger partial charge in [0, 0.05) is 19.3 Å². The minimum Gasteiger partial charge on any atom is -0.545 e. The lowest BCUT2D eigenvalue weighted by Crippen LogP contribution is -2.54. The number of rotatable bonds is 2. The van der Waals surface area contributed by atoms with Gasteiger partial charge in [-0.3, -0.25) is 9.59 Å². The van der Waals surface area contributed by atoms with Gasteiger partial charge in [0.1, 0.15) is 12.2 Å². The van der Waals surface area contributed by atoms with Crippen molar-refractivity contribution in [2.24, 2.45) is 0 Å². The van der Waals surface area contributed by atoms with Crippen molar-refractivity contribution in [2.45, 2.75) is 49.3 Å². The van der Waals surface area contributed by atoms with Gasteiger partial charge in [-0.15, -0.1) is 0 Å². The molecule has 2 rings (SSSR count). The molecule has 0 bridgehead atoms. The molecule has 140 valence electrons. The first kappa shape index (κ1) is 20.9. The Morgan fingerprint density at radius 2 is 1.64 bits per heavy atom. The van der Waals surface area contributed by atoms with Crippen LogP contribution in [0.1, 0.15) is 19.3 Å². The average Bonchev–Trinajstić information content (AvgIpc) is 2.50. The monoisotopic (exact) mass is 361 g/mol. The van der Waals surface area contributed by atoms with Crippen molar-refractivity contribution in [3.05, 3.63) is 11.6 Å². The zero-order valence-corrected chi connectivity index (χ0v) is 12.7. The molecule has 0 saturated heterocycles. The Morgan fingerprint density at radius 1 is 1.08 bits per heavy atom. The number of carboxylic acid groups (broad SMARTS) is 2. The number of hydrogen-bond donors (Lipinski definition) is 6. The predicted molar refractivity (Wildman–Crippen MR) is 73.6 cm³/mol. The SMILES string of the molecule is O=C([O-])C1=CC(=O)[C@@H](O)[C@H](O)C1.O=C1C[C@@](O)(C(=O)O)C[C@@H](O)[C@@H]1O.